The van der Waals surface area contributed by atoms with Gasteiger partial charge in [-0.25, -0.2) is 13.1 Å². The summed E-state index contributed by atoms with van der Waals surface area (Å²) >= 11 is 0. The summed E-state index contributed by atoms with van der Waals surface area (Å²) in [6.45, 7) is 3.25. The first-order valence-electron chi connectivity index (χ1n) is 7.94. The van der Waals surface area contributed by atoms with E-state index in [0.29, 0.717) is 19.6 Å². The third kappa shape index (κ3) is 5.45. The molecule has 0 fully saturated rings. The van der Waals surface area contributed by atoms with E-state index in [1.807, 2.05) is 25.1 Å². The van der Waals surface area contributed by atoms with Crippen LogP contribution in [0.1, 0.15) is 11.1 Å². The second-order valence-electron chi connectivity index (χ2n) is 5.57. The predicted octanol–water partition coefficient (Wildman–Crippen LogP) is 2.08. The monoisotopic (exact) mass is 364 g/mol. The first-order chi connectivity index (χ1) is 12.0. The highest BCUT2D eigenvalue weighted by molar-refractivity contribution is 7.89. The first-order valence-corrected chi connectivity index (χ1v) is 9.42. The summed E-state index contributed by atoms with van der Waals surface area (Å²) in [5.41, 5.74) is 1.97. The molecule has 0 heterocycles. The topological polar surface area (TPSA) is 76.7 Å². The molecule has 136 valence electrons. The Morgan fingerprint density at radius 1 is 0.960 bits per heavy atom. The van der Waals surface area contributed by atoms with E-state index in [9.17, 15) is 8.42 Å². The SMILES string of the molecule is COc1ccc(OC)c(CNCCNS(=O)(=O)c2ccc(C)cc2)c1. The molecule has 0 aliphatic rings. The smallest absolute Gasteiger partial charge is 0.240 e. The molecule has 0 spiro atoms. The Kier molecular flexibility index (Phi) is 6.81. The summed E-state index contributed by atoms with van der Waals surface area (Å²) in [5.74, 6) is 1.51. The molecule has 0 aliphatic heterocycles. The Labute approximate surface area is 149 Å². The van der Waals surface area contributed by atoms with Gasteiger partial charge in [0.1, 0.15) is 11.5 Å². The van der Waals surface area contributed by atoms with Crippen molar-refractivity contribution < 1.29 is 17.9 Å². The van der Waals surface area contributed by atoms with Crippen molar-refractivity contribution in [3.8, 4) is 11.5 Å². The van der Waals surface area contributed by atoms with Crippen LogP contribution in [0.5, 0.6) is 11.5 Å². The van der Waals surface area contributed by atoms with Crippen molar-refractivity contribution in [1.29, 1.82) is 0 Å². The predicted molar refractivity (Wildman–Crippen MR) is 97.6 cm³/mol. The Morgan fingerprint density at radius 2 is 1.68 bits per heavy atom. The van der Waals surface area contributed by atoms with Crippen molar-refractivity contribution in [2.24, 2.45) is 0 Å². The molecule has 2 aromatic carbocycles. The molecule has 25 heavy (non-hydrogen) atoms. The van der Waals surface area contributed by atoms with Gasteiger partial charge in [-0.2, -0.15) is 0 Å². The lowest BCUT2D eigenvalue weighted by molar-refractivity contribution is 0.397. The first kappa shape index (κ1) is 19.2. The van der Waals surface area contributed by atoms with Crippen molar-refractivity contribution in [3.05, 3.63) is 53.6 Å². The number of benzene rings is 2. The number of ether oxygens (including phenoxy) is 2. The van der Waals surface area contributed by atoms with E-state index in [-0.39, 0.29) is 4.90 Å². The molecule has 2 rings (SSSR count). The van der Waals surface area contributed by atoms with Crippen LogP contribution in [0.3, 0.4) is 0 Å². The largest absolute Gasteiger partial charge is 0.497 e. The van der Waals surface area contributed by atoms with Gasteiger partial charge in [0.2, 0.25) is 10.0 Å². The van der Waals surface area contributed by atoms with Crippen molar-refractivity contribution in [2.45, 2.75) is 18.4 Å². The fourth-order valence-electron chi connectivity index (χ4n) is 2.32. The van der Waals surface area contributed by atoms with E-state index < -0.39 is 10.0 Å². The minimum atomic E-state index is -3.48. The van der Waals surface area contributed by atoms with Crippen LogP contribution in [0.4, 0.5) is 0 Å². The van der Waals surface area contributed by atoms with Crippen LogP contribution in [0.2, 0.25) is 0 Å². The van der Waals surface area contributed by atoms with E-state index in [4.69, 9.17) is 9.47 Å². The molecule has 6 nitrogen and oxygen atoms in total. The zero-order valence-corrected chi connectivity index (χ0v) is 15.5. The molecule has 0 unspecified atom stereocenters. The second-order valence-corrected chi connectivity index (χ2v) is 7.33. The number of nitrogens with one attached hydrogen (secondary N) is 2. The maximum Gasteiger partial charge on any atom is 0.240 e. The summed E-state index contributed by atoms with van der Waals surface area (Å²) in [7, 11) is -0.258. The lowest BCUT2D eigenvalue weighted by Crippen LogP contribution is -2.31. The van der Waals surface area contributed by atoms with Gasteiger partial charge in [0.25, 0.3) is 0 Å². The summed E-state index contributed by atoms with van der Waals surface area (Å²) in [5, 5.41) is 3.20. The summed E-state index contributed by atoms with van der Waals surface area (Å²) in [4.78, 5) is 0.271. The van der Waals surface area contributed by atoms with Gasteiger partial charge in [0.15, 0.2) is 0 Å². The maximum atomic E-state index is 12.2. The molecule has 2 N–H and O–H groups in total. The average Bonchev–Trinajstić information content (AvgIpc) is 2.61. The Hall–Kier alpha value is -2.09. The van der Waals surface area contributed by atoms with Gasteiger partial charge in [-0.1, -0.05) is 17.7 Å². The lowest BCUT2D eigenvalue weighted by Gasteiger charge is -2.12. The van der Waals surface area contributed by atoms with E-state index in [1.54, 1.807) is 38.5 Å². The van der Waals surface area contributed by atoms with E-state index in [0.717, 1.165) is 22.6 Å². The number of methoxy groups -OCH3 is 2. The van der Waals surface area contributed by atoms with Gasteiger partial charge in [0, 0.05) is 25.2 Å². The lowest BCUT2D eigenvalue weighted by atomic mass is 10.2. The number of rotatable bonds is 9. The molecule has 2 aromatic rings. The van der Waals surface area contributed by atoms with Crippen LogP contribution >= 0.6 is 0 Å². The summed E-state index contributed by atoms with van der Waals surface area (Å²) < 4.78 is 37.5. The van der Waals surface area contributed by atoms with Gasteiger partial charge >= 0.3 is 0 Å². The van der Waals surface area contributed by atoms with Crippen molar-refractivity contribution >= 4 is 10.0 Å². The molecular weight excluding hydrogens is 340 g/mol. The Bertz CT molecular complexity index is 789. The van der Waals surface area contributed by atoms with Gasteiger partial charge in [-0.05, 0) is 37.3 Å². The molecule has 0 saturated heterocycles. The highest BCUT2D eigenvalue weighted by atomic mass is 32.2. The molecule has 0 aliphatic carbocycles. The third-order valence-electron chi connectivity index (χ3n) is 3.73. The van der Waals surface area contributed by atoms with Crippen LogP contribution < -0.4 is 19.5 Å². The van der Waals surface area contributed by atoms with E-state index in [2.05, 4.69) is 10.0 Å². The number of hydrogen-bond donors (Lipinski definition) is 2. The van der Waals surface area contributed by atoms with Crippen molar-refractivity contribution in [2.75, 3.05) is 27.3 Å². The van der Waals surface area contributed by atoms with E-state index >= 15 is 0 Å². The highest BCUT2D eigenvalue weighted by Crippen LogP contribution is 2.23. The van der Waals surface area contributed by atoms with Crippen LogP contribution in [0.15, 0.2) is 47.4 Å². The molecule has 0 bridgehead atoms. The maximum absolute atomic E-state index is 12.2. The minimum Gasteiger partial charge on any atom is -0.497 e. The molecular formula is C18H24N2O4S. The van der Waals surface area contributed by atoms with Crippen LogP contribution in [0.25, 0.3) is 0 Å². The number of sulfonamides is 1. The highest BCUT2D eigenvalue weighted by Gasteiger charge is 2.12. The van der Waals surface area contributed by atoms with Crippen molar-refractivity contribution in [1.82, 2.24) is 10.0 Å². The Morgan fingerprint density at radius 3 is 2.32 bits per heavy atom. The van der Waals surface area contributed by atoms with Gasteiger partial charge in [-0.3, -0.25) is 0 Å². The van der Waals surface area contributed by atoms with Crippen molar-refractivity contribution in [3.63, 3.8) is 0 Å². The number of hydrogen-bond acceptors (Lipinski definition) is 5. The normalized spacial score (nSPS) is 11.3. The van der Waals surface area contributed by atoms with Crippen LogP contribution in [-0.4, -0.2) is 35.7 Å². The Balaban J connectivity index is 1.84. The third-order valence-corrected chi connectivity index (χ3v) is 5.21. The zero-order chi connectivity index (χ0) is 18.3. The zero-order valence-electron chi connectivity index (χ0n) is 14.7. The minimum absolute atomic E-state index is 0.271. The van der Waals surface area contributed by atoms with Gasteiger partial charge in [0.05, 0.1) is 19.1 Å². The molecule has 7 heteroatoms. The molecule has 0 radical (unpaired) electrons. The summed E-state index contributed by atoms with van der Waals surface area (Å²) in [6.07, 6.45) is 0. The molecule has 0 amide bonds. The fraction of sp³-hybridized carbons (Fsp3) is 0.333. The molecule has 0 aromatic heterocycles. The molecule has 0 atom stereocenters. The van der Waals surface area contributed by atoms with Gasteiger partial charge < -0.3 is 14.8 Å². The van der Waals surface area contributed by atoms with E-state index in [1.165, 1.54) is 0 Å². The average molecular weight is 364 g/mol. The van der Waals surface area contributed by atoms with Gasteiger partial charge in [-0.15, -0.1) is 0 Å². The van der Waals surface area contributed by atoms with Crippen LogP contribution in [-0.2, 0) is 16.6 Å². The number of aryl methyl sites for hydroxylation is 1. The standard InChI is InChI=1S/C18H24N2O4S/c1-14-4-7-17(8-5-14)25(21,22)20-11-10-19-13-15-12-16(23-2)6-9-18(15)24-3/h4-9,12,19-20H,10-11,13H2,1-3H3. The fourth-order valence-corrected chi connectivity index (χ4v) is 3.35. The summed E-state index contributed by atoms with van der Waals surface area (Å²) in [6, 6.07) is 12.3. The second kappa shape index (κ2) is 8.84. The van der Waals surface area contributed by atoms with Crippen LogP contribution in [0, 0.1) is 6.92 Å². The quantitative estimate of drug-likeness (QED) is 0.666. The molecule has 0 saturated carbocycles.